The lowest BCUT2D eigenvalue weighted by Gasteiger charge is -2.11. The summed E-state index contributed by atoms with van der Waals surface area (Å²) in [4.78, 5) is 16.3. The van der Waals surface area contributed by atoms with E-state index in [0.29, 0.717) is 27.9 Å². The number of hydrogen-bond acceptors (Lipinski definition) is 6. The van der Waals surface area contributed by atoms with Crippen molar-refractivity contribution in [2.24, 2.45) is 0 Å². The van der Waals surface area contributed by atoms with Crippen LogP contribution in [0.1, 0.15) is 0 Å². The molecule has 2 amide bonds. The first-order chi connectivity index (χ1) is 13.7. The third kappa shape index (κ3) is 5.59. The van der Waals surface area contributed by atoms with Gasteiger partial charge < -0.3 is 21.1 Å². The summed E-state index contributed by atoms with van der Waals surface area (Å²) in [6, 6.07) is 13.6. The molecule has 3 rings (SSSR count). The molecule has 0 aliphatic rings. The van der Waals surface area contributed by atoms with Gasteiger partial charge in [-0.05, 0) is 36.4 Å². The number of nitrogens with zero attached hydrogens (tertiary/aromatic N) is 1. The predicted octanol–water partition coefficient (Wildman–Crippen LogP) is 4.16. The summed E-state index contributed by atoms with van der Waals surface area (Å²) in [5.41, 5.74) is 6.69. The standard InChI is InChI=1S/C19H17ClN4O4S/c1-29(26,27)16-7-5-13(6-8-16)23-19(25)24-14-3-2-4-15(10-14)28-17-9-12(20)11-22-18(17)21/h2-11H,1H3,(H2,21,22)(H2,23,24,25). The molecule has 0 unspecified atom stereocenters. The largest absolute Gasteiger partial charge is 0.453 e. The SMILES string of the molecule is CS(=O)(=O)c1ccc(NC(=O)Nc2cccc(Oc3cc(Cl)cnc3N)c2)cc1. The van der Waals surface area contributed by atoms with Crippen LogP contribution in [0.25, 0.3) is 0 Å². The molecule has 2 aromatic carbocycles. The lowest BCUT2D eigenvalue weighted by atomic mass is 10.3. The Balaban J connectivity index is 1.66. The summed E-state index contributed by atoms with van der Waals surface area (Å²) in [5.74, 6) is 0.907. The molecule has 8 nitrogen and oxygen atoms in total. The zero-order valence-electron chi connectivity index (χ0n) is 15.2. The number of amides is 2. The van der Waals surface area contributed by atoms with Crippen molar-refractivity contribution >= 4 is 44.7 Å². The maximum absolute atomic E-state index is 12.2. The maximum Gasteiger partial charge on any atom is 0.323 e. The maximum atomic E-state index is 12.2. The van der Waals surface area contributed by atoms with Crippen LogP contribution in [0.15, 0.2) is 65.7 Å². The summed E-state index contributed by atoms with van der Waals surface area (Å²) in [6.07, 6.45) is 2.53. The van der Waals surface area contributed by atoms with Crippen LogP contribution in [0, 0.1) is 0 Å². The van der Waals surface area contributed by atoms with E-state index in [1.807, 2.05) is 0 Å². The Kier molecular flexibility index (Phi) is 5.90. The van der Waals surface area contributed by atoms with E-state index in [-0.39, 0.29) is 10.7 Å². The summed E-state index contributed by atoms with van der Waals surface area (Å²) in [6.45, 7) is 0. The minimum atomic E-state index is -3.30. The average molecular weight is 433 g/mol. The summed E-state index contributed by atoms with van der Waals surface area (Å²) in [5, 5.41) is 5.67. The van der Waals surface area contributed by atoms with E-state index in [2.05, 4.69) is 15.6 Å². The van der Waals surface area contributed by atoms with E-state index in [0.717, 1.165) is 6.26 Å². The predicted molar refractivity (Wildman–Crippen MR) is 112 cm³/mol. The van der Waals surface area contributed by atoms with E-state index < -0.39 is 15.9 Å². The van der Waals surface area contributed by atoms with Crippen molar-refractivity contribution in [2.75, 3.05) is 22.6 Å². The van der Waals surface area contributed by atoms with Crippen molar-refractivity contribution in [2.45, 2.75) is 4.90 Å². The molecule has 0 atom stereocenters. The number of ether oxygens (including phenoxy) is 1. The van der Waals surface area contributed by atoms with Crippen LogP contribution in [0.5, 0.6) is 11.5 Å². The van der Waals surface area contributed by atoms with E-state index in [9.17, 15) is 13.2 Å². The monoisotopic (exact) mass is 432 g/mol. The molecule has 0 fully saturated rings. The molecule has 0 saturated heterocycles. The van der Waals surface area contributed by atoms with Gasteiger partial charge in [0.05, 0.1) is 9.92 Å². The topological polar surface area (TPSA) is 123 Å². The quantitative estimate of drug-likeness (QED) is 0.556. The molecule has 3 aromatic rings. The van der Waals surface area contributed by atoms with Crippen molar-refractivity contribution < 1.29 is 17.9 Å². The van der Waals surface area contributed by atoms with Gasteiger partial charge in [0.2, 0.25) is 0 Å². The van der Waals surface area contributed by atoms with Crippen molar-refractivity contribution in [1.29, 1.82) is 0 Å². The van der Waals surface area contributed by atoms with Crippen LogP contribution in [0.3, 0.4) is 0 Å². The van der Waals surface area contributed by atoms with Gasteiger partial charge in [0, 0.05) is 36.0 Å². The lowest BCUT2D eigenvalue weighted by molar-refractivity contribution is 0.262. The van der Waals surface area contributed by atoms with Gasteiger partial charge in [-0.25, -0.2) is 18.2 Å². The fraction of sp³-hybridized carbons (Fsp3) is 0.0526. The minimum Gasteiger partial charge on any atom is -0.453 e. The molecule has 1 aromatic heterocycles. The van der Waals surface area contributed by atoms with Gasteiger partial charge in [0.1, 0.15) is 5.75 Å². The Labute approximate surface area is 172 Å². The number of halogens is 1. The molecule has 29 heavy (non-hydrogen) atoms. The molecule has 1 heterocycles. The van der Waals surface area contributed by atoms with E-state index >= 15 is 0 Å². The molecular formula is C19H17ClN4O4S. The molecule has 0 aliphatic carbocycles. The average Bonchev–Trinajstić information content (AvgIpc) is 2.64. The number of nitrogens with two attached hydrogens (primary N) is 1. The Morgan fingerprint density at radius 3 is 2.45 bits per heavy atom. The highest BCUT2D eigenvalue weighted by Crippen LogP contribution is 2.29. The third-order valence-corrected chi connectivity index (χ3v) is 5.04. The molecule has 4 N–H and O–H groups in total. The highest BCUT2D eigenvalue weighted by atomic mass is 35.5. The van der Waals surface area contributed by atoms with E-state index in [4.69, 9.17) is 22.1 Å². The Morgan fingerprint density at radius 1 is 1.07 bits per heavy atom. The zero-order chi connectivity index (χ0) is 21.0. The Morgan fingerprint density at radius 2 is 1.76 bits per heavy atom. The van der Waals surface area contributed by atoms with Gasteiger partial charge in [-0.15, -0.1) is 0 Å². The van der Waals surface area contributed by atoms with Crippen molar-refractivity contribution in [3.8, 4) is 11.5 Å². The molecule has 0 radical (unpaired) electrons. The van der Waals surface area contributed by atoms with Crippen molar-refractivity contribution in [3.63, 3.8) is 0 Å². The first-order valence-corrected chi connectivity index (χ1v) is 10.5. The smallest absolute Gasteiger partial charge is 0.323 e. The number of nitrogen functional groups attached to an aromatic ring is 1. The lowest BCUT2D eigenvalue weighted by Crippen LogP contribution is -2.19. The van der Waals surface area contributed by atoms with Gasteiger partial charge in [0.15, 0.2) is 21.4 Å². The van der Waals surface area contributed by atoms with E-state index in [1.54, 1.807) is 24.3 Å². The second-order valence-electron chi connectivity index (χ2n) is 6.04. The number of urea groups is 1. The van der Waals surface area contributed by atoms with Crippen LogP contribution in [0.2, 0.25) is 5.02 Å². The van der Waals surface area contributed by atoms with Gasteiger partial charge in [-0.1, -0.05) is 17.7 Å². The summed E-state index contributed by atoms with van der Waals surface area (Å²) >= 11 is 5.90. The number of benzene rings is 2. The highest BCUT2D eigenvalue weighted by Gasteiger charge is 2.09. The molecule has 0 spiro atoms. The summed E-state index contributed by atoms with van der Waals surface area (Å²) in [7, 11) is -3.30. The second kappa shape index (κ2) is 8.38. The Bertz CT molecular complexity index is 1150. The van der Waals surface area contributed by atoms with Gasteiger partial charge in [-0.2, -0.15) is 0 Å². The molecule has 10 heteroatoms. The zero-order valence-corrected chi connectivity index (χ0v) is 16.8. The van der Waals surface area contributed by atoms with Crippen LogP contribution < -0.4 is 21.1 Å². The van der Waals surface area contributed by atoms with Crippen LogP contribution in [-0.4, -0.2) is 25.7 Å². The number of anilines is 3. The van der Waals surface area contributed by atoms with Crippen molar-refractivity contribution in [3.05, 3.63) is 65.8 Å². The number of carbonyl (C=O) groups excluding carboxylic acids is 1. The number of rotatable bonds is 5. The normalized spacial score (nSPS) is 11.0. The second-order valence-corrected chi connectivity index (χ2v) is 8.49. The molecular weight excluding hydrogens is 416 g/mol. The van der Waals surface area contributed by atoms with Crippen LogP contribution in [-0.2, 0) is 9.84 Å². The third-order valence-electron chi connectivity index (χ3n) is 3.71. The molecule has 150 valence electrons. The number of sulfone groups is 1. The fourth-order valence-electron chi connectivity index (χ4n) is 2.36. The Hall–Kier alpha value is -3.30. The number of pyridine rings is 1. The number of nitrogens with one attached hydrogen (secondary N) is 2. The first kappa shape index (κ1) is 20.4. The van der Waals surface area contributed by atoms with Gasteiger partial charge >= 0.3 is 6.03 Å². The fourth-order valence-corrected chi connectivity index (χ4v) is 3.13. The number of carbonyl (C=O) groups is 1. The number of hydrogen-bond donors (Lipinski definition) is 3. The molecule has 0 saturated carbocycles. The van der Waals surface area contributed by atoms with E-state index in [1.165, 1.54) is 36.5 Å². The first-order valence-electron chi connectivity index (χ1n) is 8.28. The minimum absolute atomic E-state index is 0.170. The van der Waals surface area contributed by atoms with Crippen molar-refractivity contribution in [1.82, 2.24) is 4.98 Å². The summed E-state index contributed by atoms with van der Waals surface area (Å²) < 4.78 is 28.6. The number of aromatic nitrogens is 1. The van der Waals surface area contributed by atoms with Gasteiger partial charge in [0.25, 0.3) is 0 Å². The van der Waals surface area contributed by atoms with Crippen LogP contribution in [0.4, 0.5) is 22.0 Å². The van der Waals surface area contributed by atoms with Crippen LogP contribution >= 0.6 is 11.6 Å². The highest BCUT2D eigenvalue weighted by molar-refractivity contribution is 7.90. The molecule has 0 aliphatic heterocycles. The van der Waals surface area contributed by atoms with Gasteiger partial charge in [-0.3, -0.25) is 0 Å². The molecule has 0 bridgehead atoms.